The third-order valence-corrected chi connectivity index (χ3v) is 1.89. The Morgan fingerprint density at radius 2 is 2.36 bits per heavy atom. The molecule has 1 N–H and O–H groups in total. The summed E-state index contributed by atoms with van der Waals surface area (Å²) >= 11 is 0. The minimum atomic E-state index is -0.828. The number of ether oxygens (including phenoxy) is 1. The van der Waals surface area contributed by atoms with E-state index < -0.39 is 5.97 Å². The Kier molecular flexibility index (Phi) is 2.65. The maximum Gasteiger partial charge on any atom is 0.331 e. The summed E-state index contributed by atoms with van der Waals surface area (Å²) in [6.07, 6.45) is 1.82. The van der Waals surface area contributed by atoms with Gasteiger partial charge in [-0.05, 0) is 25.3 Å². The van der Waals surface area contributed by atoms with E-state index in [1.54, 1.807) is 6.92 Å². The van der Waals surface area contributed by atoms with Crippen LogP contribution in [-0.4, -0.2) is 24.3 Å². The topological polar surface area (TPSA) is 46.5 Å². The van der Waals surface area contributed by atoms with Crippen molar-refractivity contribution in [3.63, 3.8) is 0 Å². The van der Waals surface area contributed by atoms with Crippen LogP contribution >= 0.6 is 0 Å². The van der Waals surface area contributed by atoms with Crippen molar-refractivity contribution in [3.8, 4) is 0 Å². The molecule has 0 aromatic heterocycles. The summed E-state index contributed by atoms with van der Waals surface area (Å²) in [7, 11) is 0. The summed E-state index contributed by atoms with van der Waals surface area (Å²) in [4.78, 5) is 10.5. The quantitative estimate of drug-likeness (QED) is 0.580. The molecular formula is C8H12O3. The van der Waals surface area contributed by atoms with Gasteiger partial charge < -0.3 is 9.84 Å². The van der Waals surface area contributed by atoms with Gasteiger partial charge in [-0.25, -0.2) is 4.79 Å². The highest BCUT2D eigenvalue weighted by atomic mass is 16.5. The summed E-state index contributed by atoms with van der Waals surface area (Å²) in [6.45, 7) is 2.89. The van der Waals surface area contributed by atoms with E-state index in [9.17, 15) is 4.79 Å². The van der Waals surface area contributed by atoms with E-state index in [1.165, 1.54) is 0 Å². The van der Waals surface area contributed by atoms with Gasteiger partial charge in [-0.1, -0.05) is 0 Å². The largest absolute Gasteiger partial charge is 0.478 e. The van der Waals surface area contributed by atoms with Crippen molar-refractivity contribution >= 4 is 5.97 Å². The van der Waals surface area contributed by atoms with Gasteiger partial charge in [0.15, 0.2) is 0 Å². The molecule has 3 nitrogen and oxygen atoms in total. The van der Waals surface area contributed by atoms with Gasteiger partial charge in [0.25, 0.3) is 0 Å². The maximum absolute atomic E-state index is 10.5. The molecule has 0 aromatic rings. The fourth-order valence-corrected chi connectivity index (χ4v) is 1.10. The number of hydrogen-bond acceptors (Lipinski definition) is 2. The highest BCUT2D eigenvalue weighted by Crippen LogP contribution is 2.16. The first-order valence-corrected chi connectivity index (χ1v) is 3.71. The molecule has 11 heavy (non-hydrogen) atoms. The van der Waals surface area contributed by atoms with E-state index >= 15 is 0 Å². The zero-order chi connectivity index (χ0) is 8.27. The summed E-state index contributed by atoms with van der Waals surface area (Å²) in [5.74, 6) is -0.828. The SMILES string of the molecule is CC(C(=O)O)=C1CCCOC1. The lowest BCUT2D eigenvalue weighted by Crippen LogP contribution is -2.12. The molecule has 1 aliphatic rings. The van der Waals surface area contributed by atoms with Crippen LogP contribution in [0.4, 0.5) is 0 Å². The van der Waals surface area contributed by atoms with Crippen LogP contribution in [0.1, 0.15) is 19.8 Å². The predicted octanol–water partition coefficient (Wildman–Crippen LogP) is 1.20. The molecule has 0 radical (unpaired) electrons. The van der Waals surface area contributed by atoms with Gasteiger partial charge >= 0.3 is 5.97 Å². The van der Waals surface area contributed by atoms with Gasteiger partial charge in [0, 0.05) is 12.2 Å². The first-order chi connectivity index (χ1) is 5.22. The normalized spacial score (nSPS) is 23.0. The second kappa shape index (κ2) is 3.53. The highest BCUT2D eigenvalue weighted by Gasteiger charge is 2.12. The average Bonchev–Trinajstić information content (AvgIpc) is 2.05. The maximum atomic E-state index is 10.5. The van der Waals surface area contributed by atoms with Crippen LogP contribution in [-0.2, 0) is 9.53 Å². The molecule has 1 fully saturated rings. The molecule has 0 bridgehead atoms. The van der Waals surface area contributed by atoms with E-state index in [0.29, 0.717) is 12.2 Å². The monoisotopic (exact) mass is 156 g/mol. The Morgan fingerprint density at radius 1 is 1.64 bits per heavy atom. The molecule has 0 aliphatic carbocycles. The van der Waals surface area contributed by atoms with E-state index in [1.807, 2.05) is 0 Å². The number of carboxylic acid groups (broad SMARTS) is 1. The van der Waals surface area contributed by atoms with Crippen LogP contribution < -0.4 is 0 Å². The van der Waals surface area contributed by atoms with Crippen LogP contribution in [0, 0.1) is 0 Å². The molecule has 0 aromatic carbocycles. The molecule has 0 atom stereocenters. The first kappa shape index (κ1) is 8.27. The molecule has 1 heterocycles. The second-order valence-electron chi connectivity index (χ2n) is 2.69. The fraction of sp³-hybridized carbons (Fsp3) is 0.625. The van der Waals surface area contributed by atoms with Crippen molar-refractivity contribution in [2.75, 3.05) is 13.2 Å². The van der Waals surface area contributed by atoms with Crippen LogP contribution in [0.25, 0.3) is 0 Å². The lowest BCUT2D eigenvalue weighted by atomic mass is 10.0. The van der Waals surface area contributed by atoms with Crippen LogP contribution in [0.2, 0.25) is 0 Å². The van der Waals surface area contributed by atoms with Crippen molar-refractivity contribution in [2.45, 2.75) is 19.8 Å². The average molecular weight is 156 g/mol. The van der Waals surface area contributed by atoms with Crippen molar-refractivity contribution in [1.29, 1.82) is 0 Å². The van der Waals surface area contributed by atoms with Gasteiger partial charge in [-0.15, -0.1) is 0 Å². The molecule has 62 valence electrons. The van der Waals surface area contributed by atoms with Crippen LogP contribution in [0.5, 0.6) is 0 Å². The molecule has 0 unspecified atom stereocenters. The smallest absolute Gasteiger partial charge is 0.331 e. The fourth-order valence-electron chi connectivity index (χ4n) is 1.10. The third-order valence-electron chi connectivity index (χ3n) is 1.89. The lowest BCUT2D eigenvalue weighted by Gasteiger charge is -2.15. The number of aliphatic carboxylic acids is 1. The number of rotatable bonds is 1. The zero-order valence-corrected chi connectivity index (χ0v) is 6.59. The van der Waals surface area contributed by atoms with Crippen LogP contribution in [0.15, 0.2) is 11.1 Å². The summed E-state index contributed by atoms with van der Waals surface area (Å²) in [6, 6.07) is 0. The molecule has 0 spiro atoms. The first-order valence-electron chi connectivity index (χ1n) is 3.71. The van der Waals surface area contributed by atoms with Gasteiger partial charge in [0.1, 0.15) is 0 Å². The molecular weight excluding hydrogens is 144 g/mol. The van der Waals surface area contributed by atoms with Crippen molar-refractivity contribution in [3.05, 3.63) is 11.1 Å². The molecule has 1 rings (SSSR count). The van der Waals surface area contributed by atoms with Crippen molar-refractivity contribution in [1.82, 2.24) is 0 Å². The zero-order valence-electron chi connectivity index (χ0n) is 6.59. The van der Waals surface area contributed by atoms with Crippen molar-refractivity contribution < 1.29 is 14.6 Å². The molecule has 3 heteroatoms. The van der Waals surface area contributed by atoms with E-state index in [4.69, 9.17) is 9.84 Å². The summed E-state index contributed by atoms with van der Waals surface area (Å²) in [5, 5.41) is 8.62. The van der Waals surface area contributed by atoms with Gasteiger partial charge in [0.2, 0.25) is 0 Å². The third kappa shape index (κ3) is 2.05. The Hall–Kier alpha value is -0.830. The summed E-state index contributed by atoms with van der Waals surface area (Å²) in [5.41, 5.74) is 1.38. The standard InChI is InChI=1S/C8H12O3/c1-6(8(9)10)7-3-2-4-11-5-7/h2-5H2,1H3,(H,9,10). The molecule has 1 saturated heterocycles. The number of carbonyl (C=O) groups is 1. The van der Waals surface area contributed by atoms with Gasteiger partial charge in [-0.2, -0.15) is 0 Å². The predicted molar refractivity (Wildman–Crippen MR) is 40.4 cm³/mol. The Bertz CT molecular complexity index is 186. The van der Waals surface area contributed by atoms with Crippen LogP contribution in [0.3, 0.4) is 0 Å². The number of carboxylic acids is 1. The van der Waals surface area contributed by atoms with Gasteiger partial charge in [-0.3, -0.25) is 0 Å². The minimum absolute atomic E-state index is 0.449. The minimum Gasteiger partial charge on any atom is -0.478 e. The Labute approximate surface area is 65.7 Å². The Morgan fingerprint density at radius 3 is 2.82 bits per heavy atom. The van der Waals surface area contributed by atoms with Gasteiger partial charge in [0.05, 0.1) is 6.61 Å². The lowest BCUT2D eigenvalue weighted by molar-refractivity contribution is -0.132. The molecule has 0 saturated carbocycles. The highest BCUT2D eigenvalue weighted by molar-refractivity contribution is 5.86. The second-order valence-corrected chi connectivity index (χ2v) is 2.69. The van der Waals surface area contributed by atoms with Crippen molar-refractivity contribution in [2.24, 2.45) is 0 Å². The van der Waals surface area contributed by atoms with E-state index in [-0.39, 0.29) is 0 Å². The molecule has 1 aliphatic heterocycles. The Balaban J connectivity index is 2.68. The molecule has 0 amide bonds. The summed E-state index contributed by atoms with van der Waals surface area (Å²) < 4.78 is 5.13. The van der Waals surface area contributed by atoms with E-state index in [0.717, 1.165) is 25.0 Å². The van der Waals surface area contributed by atoms with E-state index in [2.05, 4.69) is 0 Å². The number of hydrogen-bond donors (Lipinski definition) is 1.